The van der Waals surface area contributed by atoms with E-state index < -0.39 is 0 Å². The molecule has 1 nitrogen and oxygen atoms in total. The number of hydrogen-bond donors (Lipinski definition) is 1. The predicted octanol–water partition coefficient (Wildman–Crippen LogP) is 4.76. The maximum atomic E-state index is 3.34. The van der Waals surface area contributed by atoms with Gasteiger partial charge in [-0.1, -0.05) is 59.3 Å². The average molecular weight is 227 g/mol. The summed E-state index contributed by atoms with van der Waals surface area (Å²) >= 11 is 0. The summed E-state index contributed by atoms with van der Waals surface area (Å²) in [6.07, 6.45) is 11.1. The van der Waals surface area contributed by atoms with Crippen LogP contribution in [0.5, 0.6) is 0 Å². The van der Waals surface area contributed by atoms with Crippen LogP contribution < -0.4 is 5.32 Å². The average Bonchev–Trinajstić information content (AvgIpc) is 2.22. The fourth-order valence-electron chi connectivity index (χ4n) is 2.42. The van der Waals surface area contributed by atoms with E-state index in [1.807, 2.05) is 0 Å². The SMILES string of the molecule is CCCCCCCCC(C)(C)CC(C)NC. The molecule has 0 radical (unpaired) electrons. The highest BCUT2D eigenvalue weighted by Gasteiger charge is 2.19. The van der Waals surface area contributed by atoms with Crippen LogP contribution in [0.3, 0.4) is 0 Å². The van der Waals surface area contributed by atoms with E-state index in [2.05, 4.69) is 40.1 Å². The smallest absolute Gasteiger partial charge is 0.00408 e. The zero-order valence-electron chi connectivity index (χ0n) is 12.2. The van der Waals surface area contributed by atoms with Crippen LogP contribution in [0.25, 0.3) is 0 Å². The molecule has 0 saturated heterocycles. The molecule has 0 aliphatic carbocycles. The van der Waals surface area contributed by atoms with Crippen LogP contribution in [0.1, 0.15) is 79.1 Å². The zero-order chi connectivity index (χ0) is 12.4. The lowest BCUT2D eigenvalue weighted by Gasteiger charge is -2.28. The maximum absolute atomic E-state index is 3.34. The Kier molecular flexibility index (Phi) is 9.02. The van der Waals surface area contributed by atoms with Gasteiger partial charge in [0.2, 0.25) is 0 Å². The summed E-state index contributed by atoms with van der Waals surface area (Å²) in [5.41, 5.74) is 0.507. The Morgan fingerprint density at radius 2 is 1.56 bits per heavy atom. The molecule has 0 rings (SSSR count). The molecule has 0 aliphatic heterocycles. The van der Waals surface area contributed by atoms with Gasteiger partial charge < -0.3 is 5.32 Å². The lowest BCUT2D eigenvalue weighted by Crippen LogP contribution is -2.28. The van der Waals surface area contributed by atoms with Gasteiger partial charge in [0.15, 0.2) is 0 Å². The normalized spacial score (nSPS) is 14.1. The summed E-state index contributed by atoms with van der Waals surface area (Å²) in [7, 11) is 2.06. The molecule has 1 atom stereocenters. The molecule has 1 unspecified atom stereocenters. The molecule has 0 aliphatic rings. The fourth-order valence-corrected chi connectivity index (χ4v) is 2.42. The van der Waals surface area contributed by atoms with Gasteiger partial charge in [0.1, 0.15) is 0 Å². The summed E-state index contributed by atoms with van der Waals surface area (Å²) in [5.74, 6) is 0. The van der Waals surface area contributed by atoms with Crippen molar-refractivity contribution in [1.82, 2.24) is 5.32 Å². The molecule has 0 aromatic rings. The van der Waals surface area contributed by atoms with Crippen molar-refractivity contribution in [2.24, 2.45) is 5.41 Å². The van der Waals surface area contributed by atoms with E-state index in [0.29, 0.717) is 11.5 Å². The van der Waals surface area contributed by atoms with E-state index in [0.717, 1.165) is 0 Å². The van der Waals surface area contributed by atoms with Crippen LogP contribution in [-0.4, -0.2) is 13.1 Å². The topological polar surface area (TPSA) is 12.0 Å². The molecule has 98 valence electrons. The zero-order valence-corrected chi connectivity index (χ0v) is 12.2. The van der Waals surface area contributed by atoms with E-state index in [1.54, 1.807) is 0 Å². The Labute approximate surface area is 103 Å². The Bertz CT molecular complexity index is 152. The monoisotopic (exact) mass is 227 g/mol. The molecule has 0 amide bonds. The van der Waals surface area contributed by atoms with Crippen molar-refractivity contribution in [3.63, 3.8) is 0 Å². The van der Waals surface area contributed by atoms with Crippen LogP contribution in [0.4, 0.5) is 0 Å². The number of nitrogens with one attached hydrogen (secondary N) is 1. The molecule has 0 aromatic carbocycles. The fraction of sp³-hybridized carbons (Fsp3) is 1.00. The van der Waals surface area contributed by atoms with E-state index in [4.69, 9.17) is 0 Å². The minimum atomic E-state index is 0.507. The van der Waals surface area contributed by atoms with Gasteiger partial charge in [0.05, 0.1) is 0 Å². The quantitative estimate of drug-likeness (QED) is 0.531. The maximum Gasteiger partial charge on any atom is 0.00408 e. The number of rotatable bonds is 10. The Morgan fingerprint density at radius 3 is 2.12 bits per heavy atom. The summed E-state index contributed by atoms with van der Waals surface area (Å²) in [5, 5.41) is 3.34. The lowest BCUT2D eigenvalue weighted by molar-refractivity contribution is 0.263. The van der Waals surface area contributed by atoms with Gasteiger partial charge in [-0.25, -0.2) is 0 Å². The molecule has 0 fully saturated rings. The van der Waals surface area contributed by atoms with E-state index in [9.17, 15) is 0 Å². The molecule has 1 heteroatoms. The van der Waals surface area contributed by atoms with E-state index in [-0.39, 0.29) is 0 Å². The van der Waals surface area contributed by atoms with Crippen molar-refractivity contribution in [2.45, 2.75) is 85.1 Å². The summed E-state index contributed by atoms with van der Waals surface area (Å²) in [6, 6.07) is 0.648. The number of hydrogen-bond acceptors (Lipinski definition) is 1. The van der Waals surface area contributed by atoms with Crippen molar-refractivity contribution in [3.05, 3.63) is 0 Å². The van der Waals surface area contributed by atoms with Gasteiger partial charge in [0, 0.05) is 6.04 Å². The van der Waals surface area contributed by atoms with Crippen LogP contribution >= 0.6 is 0 Å². The standard InChI is InChI=1S/C15H33N/c1-6-7-8-9-10-11-12-15(3,4)13-14(2)16-5/h14,16H,6-13H2,1-5H3. The highest BCUT2D eigenvalue weighted by atomic mass is 14.9. The molecular formula is C15H33N. The van der Waals surface area contributed by atoms with Crippen molar-refractivity contribution in [2.75, 3.05) is 7.05 Å². The highest BCUT2D eigenvalue weighted by Crippen LogP contribution is 2.29. The largest absolute Gasteiger partial charge is 0.317 e. The second kappa shape index (κ2) is 9.04. The van der Waals surface area contributed by atoms with Gasteiger partial charge in [-0.2, -0.15) is 0 Å². The minimum Gasteiger partial charge on any atom is -0.317 e. The van der Waals surface area contributed by atoms with Gasteiger partial charge in [-0.15, -0.1) is 0 Å². The first-order valence-electron chi connectivity index (χ1n) is 7.19. The second-order valence-corrected chi connectivity index (χ2v) is 6.08. The molecule has 0 spiro atoms. The van der Waals surface area contributed by atoms with Gasteiger partial charge in [-0.3, -0.25) is 0 Å². The molecule has 16 heavy (non-hydrogen) atoms. The molecular weight excluding hydrogens is 194 g/mol. The highest BCUT2D eigenvalue weighted by molar-refractivity contribution is 4.74. The molecule has 1 N–H and O–H groups in total. The first kappa shape index (κ1) is 16.0. The van der Waals surface area contributed by atoms with Crippen molar-refractivity contribution in [3.8, 4) is 0 Å². The molecule has 0 saturated carbocycles. The van der Waals surface area contributed by atoms with Crippen molar-refractivity contribution < 1.29 is 0 Å². The van der Waals surface area contributed by atoms with Crippen molar-refractivity contribution >= 4 is 0 Å². The van der Waals surface area contributed by atoms with Crippen LogP contribution in [-0.2, 0) is 0 Å². The molecule has 0 aromatic heterocycles. The molecule has 0 heterocycles. The summed E-state index contributed by atoms with van der Waals surface area (Å²) in [6.45, 7) is 9.38. The van der Waals surface area contributed by atoms with E-state index >= 15 is 0 Å². The summed E-state index contributed by atoms with van der Waals surface area (Å²) < 4.78 is 0. The number of unbranched alkanes of at least 4 members (excludes halogenated alkanes) is 5. The summed E-state index contributed by atoms with van der Waals surface area (Å²) in [4.78, 5) is 0. The van der Waals surface area contributed by atoms with Crippen LogP contribution in [0.2, 0.25) is 0 Å². The lowest BCUT2D eigenvalue weighted by atomic mass is 9.81. The third kappa shape index (κ3) is 9.21. The third-order valence-corrected chi connectivity index (χ3v) is 3.56. The van der Waals surface area contributed by atoms with Crippen LogP contribution in [0, 0.1) is 5.41 Å². The third-order valence-electron chi connectivity index (χ3n) is 3.56. The van der Waals surface area contributed by atoms with E-state index in [1.165, 1.54) is 51.4 Å². The van der Waals surface area contributed by atoms with Crippen LogP contribution in [0.15, 0.2) is 0 Å². The minimum absolute atomic E-state index is 0.507. The first-order chi connectivity index (χ1) is 7.52. The Balaban J connectivity index is 3.50. The second-order valence-electron chi connectivity index (χ2n) is 6.08. The van der Waals surface area contributed by atoms with Crippen molar-refractivity contribution in [1.29, 1.82) is 0 Å². The van der Waals surface area contributed by atoms with Gasteiger partial charge in [0.25, 0.3) is 0 Å². The predicted molar refractivity (Wildman–Crippen MR) is 74.9 cm³/mol. The molecule has 0 bridgehead atoms. The van der Waals surface area contributed by atoms with Gasteiger partial charge in [-0.05, 0) is 32.2 Å². The Hall–Kier alpha value is -0.0400. The Morgan fingerprint density at radius 1 is 1.00 bits per heavy atom. The van der Waals surface area contributed by atoms with Gasteiger partial charge >= 0.3 is 0 Å². The first-order valence-corrected chi connectivity index (χ1v) is 7.19.